The number of amides is 2. The van der Waals surface area contributed by atoms with Crippen molar-refractivity contribution in [2.24, 2.45) is 5.92 Å². The van der Waals surface area contributed by atoms with E-state index in [2.05, 4.69) is 40.7 Å². The molecule has 1 aromatic heterocycles. The number of likely N-dealkylation sites (N-methyl/N-ethyl adjacent to an activating group) is 1. The number of nitrogens with zero attached hydrogens (tertiary/aromatic N) is 4. The summed E-state index contributed by atoms with van der Waals surface area (Å²) >= 11 is 1.20. The van der Waals surface area contributed by atoms with Gasteiger partial charge in [-0.25, -0.2) is 4.79 Å². The van der Waals surface area contributed by atoms with Gasteiger partial charge < -0.3 is 9.80 Å². The van der Waals surface area contributed by atoms with Crippen LogP contribution < -0.4 is 5.32 Å². The highest BCUT2D eigenvalue weighted by atomic mass is 32.1. The maximum Gasteiger partial charge on any atom is 0.322 e. The minimum atomic E-state index is -0.0483. The predicted molar refractivity (Wildman–Crippen MR) is 71.8 cm³/mol. The van der Waals surface area contributed by atoms with Crippen molar-refractivity contribution in [3.05, 3.63) is 6.20 Å². The number of carbonyl (C=O) groups excluding carboxylic acids is 1. The number of carbonyl (C=O) groups is 1. The van der Waals surface area contributed by atoms with Gasteiger partial charge in [0.15, 0.2) is 0 Å². The lowest BCUT2D eigenvalue weighted by atomic mass is 10.0. The molecular weight excluding hydrogens is 250 g/mol. The third-order valence-electron chi connectivity index (χ3n) is 3.24. The van der Waals surface area contributed by atoms with Crippen LogP contribution in [0.5, 0.6) is 0 Å². The quantitative estimate of drug-likeness (QED) is 0.880. The summed E-state index contributed by atoms with van der Waals surface area (Å²) in [5.74, 6) is 0.443. The molecule has 1 aromatic rings. The Kier molecular flexibility index (Phi) is 4.13. The van der Waals surface area contributed by atoms with Crippen LogP contribution in [0.3, 0.4) is 0 Å². The summed E-state index contributed by atoms with van der Waals surface area (Å²) in [6.45, 7) is 6.90. The summed E-state index contributed by atoms with van der Waals surface area (Å²) in [5, 5.41) is 7.26. The van der Waals surface area contributed by atoms with E-state index < -0.39 is 0 Å². The van der Waals surface area contributed by atoms with E-state index in [1.165, 1.54) is 11.5 Å². The first-order chi connectivity index (χ1) is 8.58. The Bertz CT molecular complexity index is 394. The van der Waals surface area contributed by atoms with E-state index in [0.717, 1.165) is 19.6 Å². The Morgan fingerprint density at radius 3 is 2.94 bits per heavy atom. The Labute approximate surface area is 111 Å². The lowest BCUT2D eigenvalue weighted by molar-refractivity contribution is 0.0922. The number of hydrogen-bond acceptors (Lipinski definition) is 5. The second-order valence-corrected chi connectivity index (χ2v) is 5.76. The van der Waals surface area contributed by atoms with Crippen LogP contribution >= 0.6 is 11.5 Å². The van der Waals surface area contributed by atoms with Crippen LogP contribution in [-0.2, 0) is 0 Å². The van der Waals surface area contributed by atoms with Crippen molar-refractivity contribution in [1.82, 2.24) is 19.4 Å². The largest absolute Gasteiger partial charge is 0.322 e. The molecule has 0 spiro atoms. The first-order valence-electron chi connectivity index (χ1n) is 6.11. The number of rotatable bonds is 2. The van der Waals surface area contributed by atoms with Crippen molar-refractivity contribution in [2.75, 3.05) is 32.0 Å². The molecule has 2 rings (SSSR count). The molecule has 18 heavy (non-hydrogen) atoms. The third-order valence-corrected chi connectivity index (χ3v) is 3.82. The number of nitrogens with one attached hydrogen (secondary N) is 1. The number of hydrogen-bond donors (Lipinski definition) is 1. The molecule has 0 bridgehead atoms. The number of urea groups is 1. The van der Waals surface area contributed by atoms with Crippen LogP contribution in [0, 0.1) is 5.92 Å². The van der Waals surface area contributed by atoms with Gasteiger partial charge in [0.25, 0.3) is 0 Å². The van der Waals surface area contributed by atoms with Gasteiger partial charge in [0.05, 0.1) is 6.20 Å². The maximum atomic E-state index is 12.2. The highest BCUT2D eigenvalue weighted by Crippen LogP contribution is 2.18. The van der Waals surface area contributed by atoms with E-state index in [4.69, 9.17) is 0 Å². The molecule has 0 aliphatic carbocycles. The van der Waals surface area contributed by atoms with Gasteiger partial charge in [0.2, 0.25) is 0 Å². The van der Waals surface area contributed by atoms with Crippen LogP contribution in [0.25, 0.3) is 0 Å². The fourth-order valence-corrected chi connectivity index (χ4v) is 2.59. The third kappa shape index (κ3) is 2.97. The van der Waals surface area contributed by atoms with E-state index >= 15 is 0 Å². The Morgan fingerprint density at radius 2 is 2.33 bits per heavy atom. The van der Waals surface area contributed by atoms with E-state index in [0.29, 0.717) is 10.9 Å². The molecule has 1 aliphatic rings. The first-order valence-corrected chi connectivity index (χ1v) is 6.89. The molecule has 100 valence electrons. The molecule has 0 saturated carbocycles. The first kappa shape index (κ1) is 13.2. The smallest absolute Gasteiger partial charge is 0.319 e. The highest BCUT2D eigenvalue weighted by Gasteiger charge is 2.31. The standard InChI is InChI=1S/C11H19N5OS/c1-8(2)9-7-15(3)4-5-16(9)11(17)13-10-6-12-14-18-10/h6,8-9H,4-5,7H2,1-3H3,(H,13,17). The minimum absolute atomic E-state index is 0.0483. The molecule has 2 heterocycles. The van der Waals surface area contributed by atoms with Gasteiger partial charge in [-0.05, 0) is 13.0 Å². The zero-order valence-electron chi connectivity index (χ0n) is 11.0. The Balaban J connectivity index is 2.03. The summed E-state index contributed by atoms with van der Waals surface area (Å²) in [4.78, 5) is 16.4. The van der Waals surface area contributed by atoms with Crippen LogP contribution in [0.4, 0.5) is 9.80 Å². The van der Waals surface area contributed by atoms with Crippen molar-refractivity contribution in [1.29, 1.82) is 0 Å². The molecule has 1 fully saturated rings. The molecule has 0 aromatic carbocycles. The lowest BCUT2D eigenvalue weighted by Crippen LogP contribution is -2.57. The summed E-state index contributed by atoms with van der Waals surface area (Å²) in [6, 6.07) is 0.206. The number of anilines is 1. The van der Waals surface area contributed by atoms with Gasteiger partial charge >= 0.3 is 6.03 Å². The maximum absolute atomic E-state index is 12.2. The molecule has 7 heteroatoms. The fourth-order valence-electron chi connectivity index (χ4n) is 2.18. The van der Waals surface area contributed by atoms with E-state index in [9.17, 15) is 4.79 Å². The van der Waals surface area contributed by atoms with Gasteiger partial charge in [0, 0.05) is 37.2 Å². The van der Waals surface area contributed by atoms with Gasteiger partial charge in [-0.3, -0.25) is 5.32 Å². The van der Waals surface area contributed by atoms with Crippen molar-refractivity contribution < 1.29 is 4.79 Å². The normalized spacial score (nSPS) is 21.3. The molecule has 1 saturated heterocycles. The van der Waals surface area contributed by atoms with Gasteiger partial charge in [-0.15, -0.1) is 5.10 Å². The number of aromatic nitrogens is 2. The second kappa shape index (κ2) is 5.62. The predicted octanol–water partition coefficient (Wildman–Crippen LogP) is 1.34. The Morgan fingerprint density at radius 1 is 1.56 bits per heavy atom. The Hall–Kier alpha value is -1.21. The van der Waals surface area contributed by atoms with Crippen molar-refractivity contribution in [3.8, 4) is 0 Å². The van der Waals surface area contributed by atoms with E-state index in [1.54, 1.807) is 6.20 Å². The monoisotopic (exact) mass is 269 g/mol. The molecule has 1 aliphatic heterocycles. The summed E-state index contributed by atoms with van der Waals surface area (Å²) in [7, 11) is 2.09. The van der Waals surface area contributed by atoms with Gasteiger partial charge in [0.1, 0.15) is 5.00 Å². The minimum Gasteiger partial charge on any atom is -0.319 e. The van der Waals surface area contributed by atoms with Crippen LogP contribution in [0.2, 0.25) is 0 Å². The zero-order valence-corrected chi connectivity index (χ0v) is 11.8. The van der Waals surface area contributed by atoms with Crippen LogP contribution in [-0.4, -0.2) is 58.1 Å². The van der Waals surface area contributed by atoms with Gasteiger partial charge in [-0.1, -0.05) is 18.3 Å². The van der Waals surface area contributed by atoms with Crippen molar-refractivity contribution >= 4 is 22.6 Å². The van der Waals surface area contributed by atoms with E-state index in [1.807, 2.05) is 4.90 Å². The van der Waals surface area contributed by atoms with Crippen molar-refractivity contribution in [2.45, 2.75) is 19.9 Å². The second-order valence-electron chi connectivity index (χ2n) is 4.98. The van der Waals surface area contributed by atoms with Gasteiger partial charge in [-0.2, -0.15) is 0 Å². The van der Waals surface area contributed by atoms with Crippen LogP contribution in [0.15, 0.2) is 6.20 Å². The van der Waals surface area contributed by atoms with Crippen LogP contribution in [0.1, 0.15) is 13.8 Å². The summed E-state index contributed by atoms with van der Waals surface area (Å²) in [6.07, 6.45) is 1.57. The molecule has 1 atom stereocenters. The molecular formula is C11H19N5OS. The van der Waals surface area contributed by atoms with E-state index in [-0.39, 0.29) is 12.1 Å². The zero-order chi connectivity index (χ0) is 13.1. The SMILES string of the molecule is CC(C)C1CN(C)CCN1C(=O)Nc1cnns1. The molecule has 1 N–H and O–H groups in total. The summed E-state index contributed by atoms with van der Waals surface area (Å²) in [5.41, 5.74) is 0. The molecule has 0 radical (unpaired) electrons. The molecule has 2 amide bonds. The summed E-state index contributed by atoms with van der Waals surface area (Å²) < 4.78 is 3.74. The molecule has 6 nitrogen and oxygen atoms in total. The highest BCUT2D eigenvalue weighted by molar-refractivity contribution is 7.10. The van der Waals surface area contributed by atoms with Crippen molar-refractivity contribution in [3.63, 3.8) is 0 Å². The molecule has 1 unspecified atom stereocenters. The lowest BCUT2D eigenvalue weighted by Gasteiger charge is -2.41. The fraction of sp³-hybridized carbons (Fsp3) is 0.727. The average Bonchev–Trinajstić information content (AvgIpc) is 2.81. The number of piperazine rings is 1. The average molecular weight is 269 g/mol. The topological polar surface area (TPSA) is 61.4 Å².